The number of nitrogens with one attached hydrogen (secondary N) is 1. The smallest absolute Gasteiger partial charge is 0.214 e. The van der Waals surface area contributed by atoms with Crippen LogP contribution in [0.3, 0.4) is 0 Å². The van der Waals surface area contributed by atoms with Crippen LogP contribution in [0.25, 0.3) is 10.9 Å². The quantitative estimate of drug-likeness (QED) is 0.568. The van der Waals surface area contributed by atoms with E-state index in [2.05, 4.69) is 18.0 Å². The summed E-state index contributed by atoms with van der Waals surface area (Å²) in [6.45, 7) is 2.01. The topological polar surface area (TPSA) is 58.9 Å². The summed E-state index contributed by atoms with van der Waals surface area (Å²) in [7, 11) is 0. The van der Waals surface area contributed by atoms with Gasteiger partial charge >= 0.3 is 0 Å². The number of rotatable bonds is 5. The van der Waals surface area contributed by atoms with Crippen LogP contribution in [-0.4, -0.2) is 16.5 Å². The lowest BCUT2D eigenvalue weighted by Gasteiger charge is -2.13. The molecule has 112 valence electrons. The molecule has 4 nitrogen and oxygen atoms in total. The molecule has 0 fully saturated rings. The summed E-state index contributed by atoms with van der Waals surface area (Å²) in [4.78, 5) is 14.2. The molecule has 3 aromatic rings. The van der Waals surface area contributed by atoms with Crippen molar-refractivity contribution in [2.75, 3.05) is 6.54 Å². The van der Waals surface area contributed by atoms with Gasteiger partial charge in [-0.1, -0.05) is 55.5 Å². The Bertz CT molecular complexity index is 793. The number of aromatic amines is 1. The Kier molecular flexibility index (Phi) is 3.92. The van der Waals surface area contributed by atoms with Crippen LogP contribution in [0.15, 0.2) is 54.7 Å². The highest BCUT2D eigenvalue weighted by Crippen LogP contribution is 2.32. The van der Waals surface area contributed by atoms with Crippen molar-refractivity contribution in [2.24, 2.45) is 0 Å². The number of para-hydroxylation sites is 1. The van der Waals surface area contributed by atoms with Gasteiger partial charge in [-0.15, -0.1) is 0 Å². The molecular weight excluding hydrogens is 276 g/mol. The van der Waals surface area contributed by atoms with E-state index < -0.39 is 0 Å². The van der Waals surface area contributed by atoms with Crippen molar-refractivity contribution in [3.63, 3.8) is 0 Å². The zero-order valence-corrected chi connectivity index (χ0v) is 12.5. The summed E-state index contributed by atoms with van der Waals surface area (Å²) < 4.78 is 0. The number of aryl methyl sites for hydroxylation is 1. The van der Waals surface area contributed by atoms with E-state index in [1.807, 2.05) is 48.7 Å². The molecule has 0 aliphatic carbocycles. The Morgan fingerprint density at radius 1 is 1.14 bits per heavy atom. The molecule has 1 N–H and O–H groups in total. The summed E-state index contributed by atoms with van der Waals surface area (Å²) in [6.07, 6.45) is 2.85. The SMILES string of the molecule is CCc1cccc2c(C(C[N+](=O)[O-])c3ccccc3)c[nH]c12. The highest BCUT2D eigenvalue weighted by molar-refractivity contribution is 5.87. The van der Waals surface area contributed by atoms with Gasteiger partial charge in [0, 0.05) is 22.0 Å². The van der Waals surface area contributed by atoms with Crippen LogP contribution in [0.1, 0.15) is 29.5 Å². The number of hydrogen-bond donors (Lipinski definition) is 1. The van der Waals surface area contributed by atoms with Gasteiger partial charge in [-0.05, 0) is 23.1 Å². The molecule has 1 atom stereocenters. The molecule has 1 unspecified atom stereocenters. The van der Waals surface area contributed by atoms with E-state index in [-0.39, 0.29) is 17.4 Å². The Balaban J connectivity index is 2.14. The fraction of sp³-hybridized carbons (Fsp3) is 0.222. The maximum Gasteiger partial charge on any atom is 0.214 e. The third kappa shape index (κ3) is 2.60. The number of benzene rings is 2. The van der Waals surface area contributed by atoms with Gasteiger partial charge in [0.1, 0.15) is 0 Å². The van der Waals surface area contributed by atoms with E-state index in [1.165, 1.54) is 5.56 Å². The molecule has 3 rings (SSSR count). The molecule has 0 aliphatic heterocycles. The second kappa shape index (κ2) is 6.02. The summed E-state index contributed by atoms with van der Waals surface area (Å²) in [5.74, 6) is -0.239. The average molecular weight is 294 g/mol. The van der Waals surface area contributed by atoms with Crippen molar-refractivity contribution >= 4 is 10.9 Å². The van der Waals surface area contributed by atoms with Crippen LogP contribution in [0.2, 0.25) is 0 Å². The van der Waals surface area contributed by atoms with Crippen molar-refractivity contribution in [1.82, 2.24) is 4.98 Å². The van der Waals surface area contributed by atoms with Gasteiger partial charge in [-0.2, -0.15) is 0 Å². The maximum absolute atomic E-state index is 11.1. The third-order valence-corrected chi connectivity index (χ3v) is 4.12. The van der Waals surface area contributed by atoms with Crippen molar-refractivity contribution in [3.05, 3.63) is 81.5 Å². The Morgan fingerprint density at radius 3 is 2.59 bits per heavy atom. The first-order valence-corrected chi connectivity index (χ1v) is 7.46. The van der Waals surface area contributed by atoms with Gasteiger partial charge in [0.15, 0.2) is 0 Å². The minimum Gasteiger partial charge on any atom is -0.361 e. The molecule has 4 heteroatoms. The third-order valence-electron chi connectivity index (χ3n) is 4.12. The monoisotopic (exact) mass is 294 g/mol. The second-order valence-electron chi connectivity index (χ2n) is 5.42. The summed E-state index contributed by atoms with van der Waals surface area (Å²) in [5.41, 5.74) is 4.29. The molecule has 1 heterocycles. The molecule has 22 heavy (non-hydrogen) atoms. The zero-order valence-electron chi connectivity index (χ0n) is 12.5. The van der Waals surface area contributed by atoms with Crippen molar-refractivity contribution in [1.29, 1.82) is 0 Å². The lowest BCUT2D eigenvalue weighted by Crippen LogP contribution is -2.13. The minimum absolute atomic E-state index is 0.104. The normalized spacial score (nSPS) is 12.4. The lowest BCUT2D eigenvalue weighted by atomic mass is 9.90. The molecule has 0 bridgehead atoms. The predicted octanol–water partition coefficient (Wildman–Crippen LogP) is 4.14. The van der Waals surface area contributed by atoms with Crippen molar-refractivity contribution in [2.45, 2.75) is 19.3 Å². The van der Waals surface area contributed by atoms with Crippen molar-refractivity contribution < 1.29 is 4.92 Å². The number of fused-ring (bicyclic) bond motifs is 1. The predicted molar refractivity (Wildman–Crippen MR) is 87.8 cm³/mol. The number of hydrogen-bond acceptors (Lipinski definition) is 2. The number of nitro groups is 1. The van der Waals surface area contributed by atoms with Gasteiger partial charge in [0.05, 0.1) is 5.92 Å². The first-order chi connectivity index (χ1) is 10.7. The number of nitrogens with zero attached hydrogens (tertiary/aromatic N) is 1. The van der Waals surface area contributed by atoms with Crippen molar-refractivity contribution in [3.8, 4) is 0 Å². The number of H-pyrrole nitrogens is 1. The standard InChI is InChI=1S/C18H18N2O2/c1-2-13-9-6-10-15-16(11-19-18(13)15)17(12-20(21)22)14-7-4-3-5-8-14/h3-11,17,19H,2,12H2,1H3. The van der Waals surface area contributed by atoms with Gasteiger partial charge < -0.3 is 4.98 Å². The molecule has 1 aromatic heterocycles. The molecule has 0 spiro atoms. The Labute approximate surface area is 128 Å². The van der Waals surface area contributed by atoms with E-state index in [9.17, 15) is 10.1 Å². The van der Waals surface area contributed by atoms with Crippen LogP contribution in [0, 0.1) is 10.1 Å². The second-order valence-corrected chi connectivity index (χ2v) is 5.42. The molecule has 0 aliphatic rings. The first kappa shape index (κ1) is 14.3. The molecule has 0 saturated carbocycles. The molecule has 0 saturated heterocycles. The van der Waals surface area contributed by atoms with E-state index >= 15 is 0 Å². The minimum atomic E-state index is -0.239. The Morgan fingerprint density at radius 2 is 1.91 bits per heavy atom. The van der Waals surface area contributed by atoms with E-state index in [4.69, 9.17) is 0 Å². The van der Waals surface area contributed by atoms with E-state index in [0.717, 1.165) is 28.5 Å². The molecule has 0 radical (unpaired) electrons. The Hall–Kier alpha value is -2.62. The highest BCUT2D eigenvalue weighted by Gasteiger charge is 2.23. The summed E-state index contributed by atoms with van der Waals surface area (Å²) >= 11 is 0. The fourth-order valence-corrected chi connectivity index (χ4v) is 3.04. The van der Waals surface area contributed by atoms with Crippen LogP contribution in [-0.2, 0) is 6.42 Å². The van der Waals surface area contributed by atoms with E-state index in [0.29, 0.717) is 0 Å². The van der Waals surface area contributed by atoms with Crippen LogP contribution >= 0.6 is 0 Å². The highest BCUT2D eigenvalue weighted by atomic mass is 16.6. The zero-order chi connectivity index (χ0) is 15.5. The first-order valence-electron chi connectivity index (χ1n) is 7.46. The fourth-order valence-electron chi connectivity index (χ4n) is 3.04. The van der Waals surface area contributed by atoms with Gasteiger partial charge in [-0.3, -0.25) is 10.1 Å². The van der Waals surface area contributed by atoms with Crippen LogP contribution < -0.4 is 0 Å². The maximum atomic E-state index is 11.1. The van der Waals surface area contributed by atoms with E-state index in [1.54, 1.807) is 0 Å². The number of aromatic nitrogens is 1. The van der Waals surface area contributed by atoms with Gasteiger partial charge in [-0.25, -0.2) is 0 Å². The molecule has 2 aromatic carbocycles. The van der Waals surface area contributed by atoms with Gasteiger partial charge in [0.25, 0.3) is 0 Å². The van der Waals surface area contributed by atoms with Crippen LogP contribution in [0.4, 0.5) is 0 Å². The molecular formula is C18H18N2O2. The van der Waals surface area contributed by atoms with Gasteiger partial charge in [0.2, 0.25) is 6.54 Å². The average Bonchev–Trinajstić information content (AvgIpc) is 2.97. The summed E-state index contributed by atoms with van der Waals surface area (Å²) in [5, 5.41) is 12.2. The molecule has 0 amide bonds. The summed E-state index contributed by atoms with van der Waals surface area (Å²) in [6, 6.07) is 15.8. The van der Waals surface area contributed by atoms with Crippen LogP contribution in [0.5, 0.6) is 0 Å². The largest absolute Gasteiger partial charge is 0.361 e. The lowest BCUT2D eigenvalue weighted by molar-refractivity contribution is -0.481.